The minimum atomic E-state index is -3.55. The van der Waals surface area contributed by atoms with E-state index in [1.807, 2.05) is 13.8 Å². The lowest BCUT2D eigenvalue weighted by Crippen LogP contribution is -2.28. The van der Waals surface area contributed by atoms with Crippen LogP contribution in [0.25, 0.3) is 0 Å². The monoisotopic (exact) mass is 388 g/mol. The van der Waals surface area contributed by atoms with Gasteiger partial charge in [-0.15, -0.1) is 0 Å². The van der Waals surface area contributed by atoms with E-state index in [9.17, 15) is 13.2 Å². The molecule has 1 amide bonds. The first-order valence-corrected chi connectivity index (χ1v) is 10.5. The Morgan fingerprint density at radius 1 is 1.07 bits per heavy atom. The van der Waals surface area contributed by atoms with Crippen molar-refractivity contribution < 1.29 is 17.9 Å². The SMILES string of the molecule is CC(C)Oc1ccc(NC(=O)c2cccc(S(=O)(=O)N3CCCC3)c2)cc1. The van der Waals surface area contributed by atoms with Crippen molar-refractivity contribution in [3.05, 3.63) is 54.1 Å². The van der Waals surface area contributed by atoms with E-state index in [2.05, 4.69) is 5.32 Å². The quantitative estimate of drug-likeness (QED) is 0.822. The molecule has 0 aromatic heterocycles. The van der Waals surface area contributed by atoms with Gasteiger partial charge in [-0.25, -0.2) is 8.42 Å². The van der Waals surface area contributed by atoms with Gasteiger partial charge in [0.1, 0.15) is 5.75 Å². The molecule has 1 heterocycles. The molecule has 0 aliphatic carbocycles. The van der Waals surface area contributed by atoms with Gasteiger partial charge in [0, 0.05) is 24.3 Å². The number of ether oxygens (including phenoxy) is 1. The van der Waals surface area contributed by atoms with E-state index < -0.39 is 10.0 Å². The fraction of sp³-hybridized carbons (Fsp3) is 0.350. The van der Waals surface area contributed by atoms with Crippen LogP contribution in [0, 0.1) is 0 Å². The third kappa shape index (κ3) is 4.67. The molecule has 144 valence electrons. The van der Waals surface area contributed by atoms with Crippen LogP contribution in [-0.4, -0.2) is 37.8 Å². The first-order valence-electron chi connectivity index (χ1n) is 9.04. The molecule has 0 bridgehead atoms. The molecule has 1 fully saturated rings. The molecule has 2 aromatic rings. The van der Waals surface area contributed by atoms with Gasteiger partial charge in [-0.3, -0.25) is 4.79 Å². The molecule has 6 nitrogen and oxygen atoms in total. The van der Waals surface area contributed by atoms with Crippen LogP contribution in [0.2, 0.25) is 0 Å². The summed E-state index contributed by atoms with van der Waals surface area (Å²) in [6.07, 6.45) is 1.82. The van der Waals surface area contributed by atoms with Gasteiger partial charge in [-0.05, 0) is 69.2 Å². The molecule has 27 heavy (non-hydrogen) atoms. The van der Waals surface area contributed by atoms with Gasteiger partial charge < -0.3 is 10.1 Å². The van der Waals surface area contributed by atoms with Crippen LogP contribution in [0.5, 0.6) is 5.75 Å². The number of nitrogens with one attached hydrogen (secondary N) is 1. The number of nitrogens with zero attached hydrogens (tertiary/aromatic N) is 1. The van der Waals surface area contributed by atoms with Gasteiger partial charge in [0.2, 0.25) is 10.0 Å². The van der Waals surface area contributed by atoms with E-state index >= 15 is 0 Å². The number of anilines is 1. The van der Waals surface area contributed by atoms with Crippen molar-refractivity contribution in [1.29, 1.82) is 0 Å². The highest BCUT2D eigenvalue weighted by molar-refractivity contribution is 7.89. The smallest absolute Gasteiger partial charge is 0.255 e. The highest BCUT2D eigenvalue weighted by atomic mass is 32.2. The van der Waals surface area contributed by atoms with Crippen molar-refractivity contribution in [2.75, 3.05) is 18.4 Å². The zero-order valence-corrected chi connectivity index (χ0v) is 16.3. The fourth-order valence-corrected chi connectivity index (χ4v) is 4.53. The average molecular weight is 388 g/mol. The molecule has 1 aliphatic heterocycles. The zero-order chi connectivity index (χ0) is 19.4. The number of carbonyl (C=O) groups is 1. The van der Waals surface area contributed by atoms with E-state index in [0.717, 1.165) is 18.6 Å². The lowest BCUT2D eigenvalue weighted by Gasteiger charge is -2.16. The van der Waals surface area contributed by atoms with E-state index in [0.29, 0.717) is 24.3 Å². The van der Waals surface area contributed by atoms with Gasteiger partial charge in [0.15, 0.2) is 0 Å². The minimum absolute atomic E-state index is 0.0748. The Kier molecular flexibility index (Phi) is 5.82. The summed E-state index contributed by atoms with van der Waals surface area (Å²) in [4.78, 5) is 12.7. The molecular formula is C20H24N2O4S. The number of amides is 1. The Labute approximate surface area is 160 Å². The molecule has 1 aliphatic rings. The van der Waals surface area contributed by atoms with Gasteiger partial charge in [-0.1, -0.05) is 6.07 Å². The minimum Gasteiger partial charge on any atom is -0.491 e. The highest BCUT2D eigenvalue weighted by Gasteiger charge is 2.27. The number of hydrogen-bond donors (Lipinski definition) is 1. The summed E-state index contributed by atoms with van der Waals surface area (Å²) in [5.74, 6) is 0.368. The standard InChI is InChI=1S/C20H24N2O4S/c1-15(2)26-18-10-8-17(9-11-18)21-20(23)16-6-5-7-19(14-16)27(24,25)22-12-3-4-13-22/h5-11,14-15H,3-4,12-13H2,1-2H3,(H,21,23). The van der Waals surface area contributed by atoms with Crippen LogP contribution in [0.15, 0.2) is 53.4 Å². The summed E-state index contributed by atoms with van der Waals surface area (Å²) in [6, 6.07) is 13.2. The summed E-state index contributed by atoms with van der Waals surface area (Å²) in [5, 5.41) is 2.78. The van der Waals surface area contributed by atoms with E-state index in [4.69, 9.17) is 4.74 Å². The van der Waals surface area contributed by atoms with E-state index in [-0.39, 0.29) is 16.9 Å². The number of hydrogen-bond acceptors (Lipinski definition) is 4. The van der Waals surface area contributed by atoms with Crippen LogP contribution in [0.1, 0.15) is 37.0 Å². The largest absolute Gasteiger partial charge is 0.491 e. The summed E-state index contributed by atoms with van der Waals surface area (Å²) in [7, 11) is -3.55. The molecule has 0 saturated carbocycles. The molecule has 3 rings (SSSR count). The zero-order valence-electron chi connectivity index (χ0n) is 15.5. The van der Waals surface area contributed by atoms with Crippen molar-refractivity contribution in [2.24, 2.45) is 0 Å². The second kappa shape index (κ2) is 8.10. The second-order valence-corrected chi connectivity index (χ2v) is 8.72. The first-order chi connectivity index (χ1) is 12.9. The predicted molar refractivity (Wildman–Crippen MR) is 105 cm³/mol. The summed E-state index contributed by atoms with van der Waals surface area (Å²) >= 11 is 0. The molecule has 1 N–H and O–H groups in total. The molecular weight excluding hydrogens is 364 g/mol. The number of rotatable bonds is 6. The average Bonchev–Trinajstić information content (AvgIpc) is 3.18. The van der Waals surface area contributed by atoms with Crippen molar-refractivity contribution >= 4 is 21.6 Å². The van der Waals surface area contributed by atoms with E-state index in [1.54, 1.807) is 36.4 Å². The molecule has 7 heteroatoms. The second-order valence-electron chi connectivity index (χ2n) is 6.78. The van der Waals surface area contributed by atoms with Crippen molar-refractivity contribution in [3.8, 4) is 5.75 Å². The van der Waals surface area contributed by atoms with Crippen LogP contribution in [-0.2, 0) is 10.0 Å². The predicted octanol–water partition coefficient (Wildman–Crippen LogP) is 3.51. The molecule has 0 unspecified atom stereocenters. The Hall–Kier alpha value is -2.38. The van der Waals surface area contributed by atoms with Gasteiger partial charge in [0.05, 0.1) is 11.0 Å². The number of carbonyl (C=O) groups excluding carboxylic acids is 1. The maximum atomic E-state index is 12.7. The maximum Gasteiger partial charge on any atom is 0.255 e. The Bertz CT molecular complexity index is 902. The summed E-state index contributed by atoms with van der Waals surface area (Å²) in [5.41, 5.74) is 0.918. The Balaban J connectivity index is 1.74. The third-order valence-electron chi connectivity index (χ3n) is 4.28. The number of sulfonamides is 1. The van der Waals surface area contributed by atoms with Gasteiger partial charge >= 0.3 is 0 Å². The first kappa shape index (κ1) is 19.4. The van der Waals surface area contributed by atoms with Crippen molar-refractivity contribution in [3.63, 3.8) is 0 Å². The lowest BCUT2D eigenvalue weighted by molar-refractivity contribution is 0.102. The number of benzene rings is 2. The fourth-order valence-electron chi connectivity index (χ4n) is 2.97. The topological polar surface area (TPSA) is 75.7 Å². The molecule has 0 spiro atoms. The van der Waals surface area contributed by atoms with E-state index in [1.165, 1.54) is 16.4 Å². The molecule has 1 saturated heterocycles. The van der Waals surface area contributed by atoms with Crippen LogP contribution in [0.3, 0.4) is 0 Å². The third-order valence-corrected chi connectivity index (χ3v) is 6.18. The Morgan fingerprint density at radius 2 is 1.74 bits per heavy atom. The van der Waals surface area contributed by atoms with Crippen LogP contribution >= 0.6 is 0 Å². The van der Waals surface area contributed by atoms with Crippen molar-refractivity contribution in [2.45, 2.75) is 37.7 Å². The summed E-state index contributed by atoms with van der Waals surface area (Å²) in [6.45, 7) is 4.95. The van der Waals surface area contributed by atoms with Gasteiger partial charge in [0.25, 0.3) is 5.91 Å². The molecule has 0 radical (unpaired) electrons. The van der Waals surface area contributed by atoms with Crippen LogP contribution in [0.4, 0.5) is 5.69 Å². The summed E-state index contributed by atoms with van der Waals surface area (Å²) < 4.78 is 32.4. The Morgan fingerprint density at radius 3 is 2.37 bits per heavy atom. The maximum absolute atomic E-state index is 12.7. The molecule has 0 atom stereocenters. The normalized spacial score (nSPS) is 15.1. The molecule has 2 aromatic carbocycles. The highest BCUT2D eigenvalue weighted by Crippen LogP contribution is 2.22. The van der Waals surface area contributed by atoms with Crippen LogP contribution < -0.4 is 10.1 Å². The van der Waals surface area contributed by atoms with Gasteiger partial charge in [-0.2, -0.15) is 4.31 Å². The lowest BCUT2D eigenvalue weighted by atomic mass is 10.2. The van der Waals surface area contributed by atoms with Crippen molar-refractivity contribution in [1.82, 2.24) is 4.31 Å².